The zero-order valence-corrected chi connectivity index (χ0v) is 19.5. The van der Waals surface area contributed by atoms with E-state index in [0.717, 1.165) is 32.1 Å². The number of aliphatic hydroxyl groups is 2. The lowest BCUT2D eigenvalue weighted by molar-refractivity contribution is -0.203. The van der Waals surface area contributed by atoms with Crippen LogP contribution in [0.3, 0.4) is 0 Å². The number of aliphatic carboxylic acids is 1. The van der Waals surface area contributed by atoms with Crippen LogP contribution in [0.25, 0.3) is 0 Å². The number of rotatable bonds is 5. The summed E-state index contributed by atoms with van der Waals surface area (Å²) in [5.41, 5.74) is 0.480. The van der Waals surface area contributed by atoms with E-state index in [-0.39, 0.29) is 29.5 Å². The highest BCUT2D eigenvalue weighted by atomic mass is 16.4. The second-order valence-electron chi connectivity index (χ2n) is 12.0. The third-order valence-corrected chi connectivity index (χ3v) is 11.0. The predicted molar refractivity (Wildman–Crippen MR) is 118 cm³/mol. The first-order valence-corrected chi connectivity index (χ1v) is 12.7. The lowest BCUT2D eigenvalue weighted by atomic mass is 9.41. The van der Waals surface area contributed by atoms with Crippen LogP contribution in [0.1, 0.15) is 91.9 Å². The Morgan fingerprint density at radius 2 is 1.67 bits per heavy atom. The standard InChI is InChI=1S/C26H44O4/c1-5-17-21-14-16(27)10-12-26(21,4)20-11-13-25(3)18(15(2)6-9-22(28)29)7-8-19(25)23(20)24(17)30/h15-21,23-24,27,30H,5-14H2,1-4H3,(H,28,29)/t15-,16?,17?,18-,19+,20+,21?,23+,24?,25-,26-/m1/s1. The fraction of sp³-hybridized carbons (Fsp3) is 0.962. The Labute approximate surface area is 182 Å². The minimum Gasteiger partial charge on any atom is -0.481 e. The van der Waals surface area contributed by atoms with Gasteiger partial charge in [-0.05, 0) is 104 Å². The first-order chi connectivity index (χ1) is 14.1. The maximum Gasteiger partial charge on any atom is 0.303 e. The van der Waals surface area contributed by atoms with Crippen molar-refractivity contribution in [1.82, 2.24) is 0 Å². The van der Waals surface area contributed by atoms with Crippen LogP contribution in [0.15, 0.2) is 0 Å². The maximum absolute atomic E-state index is 11.7. The van der Waals surface area contributed by atoms with E-state index in [4.69, 9.17) is 5.11 Å². The number of hydrogen-bond donors (Lipinski definition) is 3. The number of carboxylic acids is 1. The molecule has 4 aliphatic carbocycles. The Kier molecular flexibility index (Phi) is 6.07. The van der Waals surface area contributed by atoms with Crippen LogP contribution in [0.5, 0.6) is 0 Å². The first kappa shape index (κ1) is 22.6. The van der Waals surface area contributed by atoms with E-state index >= 15 is 0 Å². The van der Waals surface area contributed by atoms with Gasteiger partial charge in [0.1, 0.15) is 0 Å². The fourth-order valence-corrected chi connectivity index (χ4v) is 9.48. The van der Waals surface area contributed by atoms with Crippen LogP contribution in [0.2, 0.25) is 0 Å². The summed E-state index contributed by atoms with van der Waals surface area (Å²) in [4.78, 5) is 11.1. The van der Waals surface area contributed by atoms with Gasteiger partial charge in [0.15, 0.2) is 0 Å². The van der Waals surface area contributed by atoms with Crippen LogP contribution in [0, 0.1) is 52.3 Å². The van der Waals surface area contributed by atoms with Crippen molar-refractivity contribution in [2.75, 3.05) is 0 Å². The first-order valence-electron chi connectivity index (χ1n) is 12.7. The molecule has 4 rings (SSSR count). The molecule has 3 N–H and O–H groups in total. The molecule has 4 saturated carbocycles. The summed E-state index contributed by atoms with van der Waals surface area (Å²) < 4.78 is 0. The van der Waals surface area contributed by atoms with Crippen LogP contribution in [-0.2, 0) is 4.79 Å². The molecule has 0 aliphatic heterocycles. The summed E-state index contributed by atoms with van der Waals surface area (Å²) in [5, 5.41) is 31.3. The van der Waals surface area contributed by atoms with Crippen molar-refractivity contribution in [3.63, 3.8) is 0 Å². The van der Waals surface area contributed by atoms with Crippen molar-refractivity contribution >= 4 is 5.97 Å². The maximum atomic E-state index is 11.7. The van der Waals surface area contributed by atoms with Crippen molar-refractivity contribution in [1.29, 1.82) is 0 Å². The van der Waals surface area contributed by atoms with Gasteiger partial charge in [0.25, 0.3) is 0 Å². The molecule has 11 atom stereocenters. The SMILES string of the molecule is CCC1C(O)[C@H]2[C@@H]3CC[C@H]([C@H](C)CCC(=O)O)[C@@]3(C)CC[C@@H]2[C@@]2(C)CCC(O)CC12. The van der Waals surface area contributed by atoms with Crippen LogP contribution < -0.4 is 0 Å². The Hall–Kier alpha value is -0.610. The summed E-state index contributed by atoms with van der Waals surface area (Å²) in [6, 6.07) is 0. The van der Waals surface area contributed by atoms with E-state index in [1.807, 2.05) is 0 Å². The van der Waals surface area contributed by atoms with Gasteiger partial charge in [-0.15, -0.1) is 0 Å². The molecule has 30 heavy (non-hydrogen) atoms. The average Bonchev–Trinajstić information content (AvgIpc) is 3.05. The largest absolute Gasteiger partial charge is 0.481 e. The Morgan fingerprint density at radius 1 is 1.00 bits per heavy atom. The molecule has 4 heteroatoms. The molecule has 0 aromatic rings. The minimum atomic E-state index is -0.683. The Morgan fingerprint density at radius 3 is 2.33 bits per heavy atom. The van der Waals surface area contributed by atoms with Gasteiger partial charge in [-0.25, -0.2) is 0 Å². The molecule has 4 nitrogen and oxygen atoms in total. The molecule has 0 heterocycles. The van der Waals surface area contributed by atoms with Crippen molar-refractivity contribution in [2.45, 2.75) is 104 Å². The highest BCUT2D eigenvalue weighted by Gasteiger charge is 2.64. The lowest BCUT2D eigenvalue weighted by Gasteiger charge is -2.64. The molecule has 0 aromatic heterocycles. The Bertz CT molecular complexity index is 649. The quantitative estimate of drug-likeness (QED) is 0.577. The highest BCUT2D eigenvalue weighted by Crippen LogP contribution is 2.69. The summed E-state index contributed by atoms with van der Waals surface area (Å²) in [7, 11) is 0. The molecule has 4 unspecified atom stereocenters. The zero-order chi connectivity index (χ0) is 21.8. The number of hydrogen-bond acceptors (Lipinski definition) is 3. The van der Waals surface area contributed by atoms with Crippen molar-refractivity contribution in [3.8, 4) is 0 Å². The zero-order valence-electron chi connectivity index (χ0n) is 19.5. The molecule has 0 radical (unpaired) electrons. The van der Waals surface area contributed by atoms with Crippen molar-refractivity contribution in [2.24, 2.45) is 52.3 Å². The number of aliphatic hydroxyl groups excluding tert-OH is 2. The van der Waals surface area contributed by atoms with Gasteiger partial charge in [-0.1, -0.05) is 34.1 Å². The molecule has 0 amide bonds. The van der Waals surface area contributed by atoms with E-state index in [1.165, 1.54) is 25.7 Å². The third kappa shape index (κ3) is 3.36. The predicted octanol–water partition coefficient (Wildman–Crippen LogP) is 5.11. The van der Waals surface area contributed by atoms with E-state index < -0.39 is 5.97 Å². The summed E-state index contributed by atoms with van der Waals surface area (Å²) in [5.74, 6) is 2.58. The monoisotopic (exact) mass is 420 g/mol. The molecule has 0 bridgehead atoms. The normalized spacial score (nSPS) is 51.5. The van der Waals surface area contributed by atoms with Gasteiger partial charge in [-0.3, -0.25) is 4.79 Å². The molecule has 0 aromatic carbocycles. The van der Waals surface area contributed by atoms with E-state index in [0.29, 0.717) is 41.4 Å². The molecule has 4 fully saturated rings. The summed E-state index contributed by atoms with van der Waals surface area (Å²) in [6.07, 6.45) is 9.27. The van der Waals surface area contributed by atoms with Crippen molar-refractivity contribution < 1.29 is 20.1 Å². The molecule has 0 spiro atoms. The van der Waals surface area contributed by atoms with Crippen LogP contribution in [-0.4, -0.2) is 33.5 Å². The van der Waals surface area contributed by atoms with Gasteiger partial charge in [0.05, 0.1) is 12.2 Å². The van der Waals surface area contributed by atoms with Gasteiger partial charge < -0.3 is 15.3 Å². The van der Waals surface area contributed by atoms with Gasteiger partial charge >= 0.3 is 5.97 Å². The van der Waals surface area contributed by atoms with Gasteiger partial charge in [0, 0.05) is 6.42 Å². The molecule has 4 aliphatic rings. The minimum absolute atomic E-state index is 0.194. The second-order valence-corrected chi connectivity index (χ2v) is 12.0. The molecule has 172 valence electrons. The summed E-state index contributed by atoms with van der Waals surface area (Å²) in [6.45, 7) is 9.44. The Balaban J connectivity index is 1.61. The fourth-order valence-electron chi connectivity index (χ4n) is 9.48. The smallest absolute Gasteiger partial charge is 0.303 e. The summed E-state index contributed by atoms with van der Waals surface area (Å²) >= 11 is 0. The lowest BCUT2D eigenvalue weighted by Crippen LogP contribution is -2.62. The van der Waals surface area contributed by atoms with Gasteiger partial charge in [-0.2, -0.15) is 0 Å². The van der Waals surface area contributed by atoms with E-state index in [1.54, 1.807) is 0 Å². The molecular formula is C26H44O4. The third-order valence-electron chi connectivity index (χ3n) is 11.0. The van der Waals surface area contributed by atoms with E-state index in [9.17, 15) is 15.0 Å². The van der Waals surface area contributed by atoms with Gasteiger partial charge in [0.2, 0.25) is 0 Å². The van der Waals surface area contributed by atoms with Crippen molar-refractivity contribution in [3.05, 3.63) is 0 Å². The van der Waals surface area contributed by atoms with Crippen LogP contribution in [0.4, 0.5) is 0 Å². The topological polar surface area (TPSA) is 77.8 Å². The molecular weight excluding hydrogens is 376 g/mol. The number of carbonyl (C=O) groups is 1. The average molecular weight is 421 g/mol. The van der Waals surface area contributed by atoms with E-state index in [2.05, 4.69) is 27.7 Å². The number of fused-ring (bicyclic) bond motifs is 5. The molecule has 0 saturated heterocycles. The number of carboxylic acid groups (broad SMARTS) is 1. The second kappa shape index (κ2) is 8.06. The van der Waals surface area contributed by atoms with Crippen LogP contribution >= 0.6 is 0 Å². The highest BCUT2D eigenvalue weighted by molar-refractivity contribution is 5.66.